The first-order valence-corrected chi connectivity index (χ1v) is 11.6. The molecule has 1 aromatic heterocycles. The van der Waals surface area contributed by atoms with Gasteiger partial charge < -0.3 is 15.6 Å². The number of pyridine rings is 1. The van der Waals surface area contributed by atoms with Crippen molar-refractivity contribution in [1.82, 2.24) is 20.3 Å². The van der Waals surface area contributed by atoms with E-state index in [1.54, 1.807) is 36.4 Å². The third kappa shape index (κ3) is 5.04. The largest absolute Gasteiger partial charge is 0.360 e. The molecule has 1 saturated carbocycles. The number of aromatic nitrogens is 1. The number of hydrogen-bond acceptors (Lipinski definition) is 5. The molecule has 1 aliphatic carbocycles. The molecule has 1 aliphatic rings. The Morgan fingerprint density at radius 1 is 1.00 bits per heavy atom. The molecular formula is C22H22N4O5S. The normalized spacial score (nSPS) is 13.6. The van der Waals surface area contributed by atoms with Crippen LogP contribution in [0.5, 0.6) is 0 Å². The zero-order valence-corrected chi connectivity index (χ0v) is 17.9. The highest BCUT2D eigenvalue weighted by molar-refractivity contribution is 7.89. The van der Waals surface area contributed by atoms with Gasteiger partial charge in [-0.3, -0.25) is 14.4 Å². The van der Waals surface area contributed by atoms with Crippen molar-refractivity contribution < 1.29 is 18.0 Å². The summed E-state index contributed by atoms with van der Waals surface area (Å²) in [5.41, 5.74) is 0.839. The zero-order chi connectivity index (χ0) is 22.7. The van der Waals surface area contributed by atoms with Gasteiger partial charge in [-0.1, -0.05) is 24.3 Å². The molecule has 0 saturated heterocycles. The van der Waals surface area contributed by atoms with Crippen LogP contribution in [0.3, 0.4) is 0 Å². The standard InChI is InChI=1S/C22H22N4O5S/c27-20(13-25-22(29)18-12-23-19-4-2-1-3-17(19)21(18)28)24-11-14-5-9-16(10-6-14)32(30,31)26-15-7-8-15/h1-6,9-10,12,15,26H,7-8,11,13H2,(H,23,28)(H,24,27)(H,25,29). The summed E-state index contributed by atoms with van der Waals surface area (Å²) in [7, 11) is -3.52. The van der Waals surface area contributed by atoms with E-state index in [0.717, 1.165) is 12.8 Å². The summed E-state index contributed by atoms with van der Waals surface area (Å²) in [5, 5.41) is 5.47. The smallest absolute Gasteiger partial charge is 0.257 e. The minimum Gasteiger partial charge on any atom is -0.360 e. The lowest BCUT2D eigenvalue weighted by Gasteiger charge is -2.09. The minimum atomic E-state index is -3.52. The molecule has 4 N–H and O–H groups in total. The first-order chi connectivity index (χ1) is 15.3. The SMILES string of the molecule is O=C(CNC(=O)c1c[nH]c2ccccc2c1=O)NCc1ccc(S(=O)(=O)NC2CC2)cc1. The Bertz CT molecular complexity index is 1330. The summed E-state index contributed by atoms with van der Waals surface area (Å²) in [6, 6.07) is 13.1. The van der Waals surface area contributed by atoms with Crippen LogP contribution in [0.1, 0.15) is 28.8 Å². The Kier molecular flexibility index (Phi) is 6.06. The van der Waals surface area contributed by atoms with Crippen molar-refractivity contribution >= 4 is 32.7 Å². The predicted octanol–water partition coefficient (Wildman–Crippen LogP) is 1.02. The average Bonchev–Trinajstić information content (AvgIpc) is 3.60. The zero-order valence-electron chi connectivity index (χ0n) is 17.1. The predicted molar refractivity (Wildman–Crippen MR) is 119 cm³/mol. The maximum absolute atomic E-state index is 12.5. The second kappa shape index (κ2) is 8.93. The van der Waals surface area contributed by atoms with E-state index in [9.17, 15) is 22.8 Å². The van der Waals surface area contributed by atoms with Crippen LogP contribution in [-0.2, 0) is 21.4 Å². The third-order valence-electron chi connectivity index (χ3n) is 5.06. The summed E-state index contributed by atoms with van der Waals surface area (Å²) in [4.78, 5) is 39.9. The number of hydrogen-bond donors (Lipinski definition) is 4. The van der Waals surface area contributed by atoms with Crippen molar-refractivity contribution in [3.8, 4) is 0 Å². The molecular weight excluding hydrogens is 432 g/mol. The molecule has 166 valence electrons. The van der Waals surface area contributed by atoms with Crippen LogP contribution in [0.15, 0.2) is 64.4 Å². The number of rotatable bonds is 8. The minimum absolute atomic E-state index is 0.0272. The molecule has 9 nitrogen and oxygen atoms in total. The van der Waals surface area contributed by atoms with Crippen molar-refractivity contribution in [3.63, 3.8) is 0 Å². The molecule has 0 radical (unpaired) electrons. The average molecular weight is 455 g/mol. The Balaban J connectivity index is 1.29. The highest BCUT2D eigenvalue weighted by atomic mass is 32.2. The van der Waals surface area contributed by atoms with Crippen LogP contribution in [-0.4, -0.2) is 37.8 Å². The molecule has 2 aromatic carbocycles. The van der Waals surface area contributed by atoms with Gasteiger partial charge >= 0.3 is 0 Å². The summed E-state index contributed by atoms with van der Waals surface area (Å²) in [6.45, 7) is -0.134. The number of fused-ring (bicyclic) bond motifs is 1. The number of aromatic amines is 1. The van der Waals surface area contributed by atoms with Crippen molar-refractivity contribution in [2.45, 2.75) is 30.3 Å². The number of carbonyl (C=O) groups excluding carboxylic acids is 2. The summed E-state index contributed by atoms with van der Waals surface area (Å²) >= 11 is 0. The monoisotopic (exact) mass is 454 g/mol. The Morgan fingerprint density at radius 2 is 1.72 bits per heavy atom. The first-order valence-electron chi connectivity index (χ1n) is 10.1. The van der Waals surface area contributed by atoms with E-state index in [1.165, 1.54) is 18.3 Å². The van der Waals surface area contributed by atoms with Gasteiger partial charge in [-0.25, -0.2) is 13.1 Å². The quantitative estimate of drug-likeness (QED) is 0.403. The fraction of sp³-hybridized carbons (Fsp3) is 0.227. The van der Waals surface area contributed by atoms with Crippen LogP contribution >= 0.6 is 0 Å². The van der Waals surface area contributed by atoms with Crippen molar-refractivity contribution in [2.24, 2.45) is 0 Å². The molecule has 4 rings (SSSR count). The van der Waals surface area contributed by atoms with E-state index in [1.807, 2.05) is 0 Å². The van der Waals surface area contributed by atoms with Crippen LogP contribution in [0, 0.1) is 0 Å². The van der Waals surface area contributed by atoms with Gasteiger partial charge in [0.1, 0.15) is 5.56 Å². The molecule has 1 heterocycles. The molecule has 3 aromatic rings. The van der Waals surface area contributed by atoms with E-state index in [2.05, 4.69) is 20.3 Å². The van der Waals surface area contributed by atoms with Crippen molar-refractivity contribution in [2.75, 3.05) is 6.54 Å². The lowest BCUT2D eigenvalue weighted by atomic mass is 10.1. The van der Waals surface area contributed by atoms with E-state index in [-0.39, 0.29) is 29.6 Å². The van der Waals surface area contributed by atoms with Gasteiger partial charge in [0.25, 0.3) is 5.91 Å². The first kappa shape index (κ1) is 21.7. The number of carbonyl (C=O) groups is 2. The van der Waals surface area contributed by atoms with Gasteiger partial charge in [-0.05, 0) is 42.7 Å². The summed E-state index contributed by atoms with van der Waals surface area (Å²) < 4.78 is 27.0. The molecule has 10 heteroatoms. The molecule has 0 atom stereocenters. The second-order valence-electron chi connectivity index (χ2n) is 7.58. The maximum Gasteiger partial charge on any atom is 0.257 e. The van der Waals surface area contributed by atoms with Gasteiger partial charge in [0.2, 0.25) is 21.4 Å². The summed E-state index contributed by atoms with van der Waals surface area (Å²) in [6.07, 6.45) is 3.04. The number of nitrogens with one attached hydrogen (secondary N) is 4. The Labute approximate surface area is 184 Å². The van der Waals surface area contributed by atoms with Gasteiger partial charge in [0, 0.05) is 29.7 Å². The van der Waals surface area contributed by atoms with Gasteiger partial charge in [-0.15, -0.1) is 0 Å². The van der Waals surface area contributed by atoms with Crippen molar-refractivity contribution in [1.29, 1.82) is 0 Å². The highest BCUT2D eigenvalue weighted by Crippen LogP contribution is 2.22. The van der Waals surface area contributed by atoms with Crippen LogP contribution < -0.4 is 20.8 Å². The van der Waals surface area contributed by atoms with Gasteiger partial charge in [-0.2, -0.15) is 0 Å². The van der Waals surface area contributed by atoms with Crippen LogP contribution in [0.2, 0.25) is 0 Å². The topological polar surface area (TPSA) is 137 Å². The fourth-order valence-corrected chi connectivity index (χ4v) is 4.44. The summed E-state index contributed by atoms with van der Waals surface area (Å²) in [5.74, 6) is -1.09. The van der Waals surface area contributed by atoms with Crippen molar-refractivity contribution in [3.05, 3.63) is 76.1 Å². The maximum atomic E-state index is 12.5. The molecule has 0 unspecified atom stereocenters. The number of H-pyrrole nitrogens is 1. The molecule has 0 bridgehead atoms. The molecule has 0 spiro atoms. The lowest BCUT2D eigenvalue weighted by Crippen LogP contribution is -2.38. The van der Waals surface area contributed by atoms with Crippen LogP contribution in [0.25, 0.3) is 10.9 Å². The second-order valence-corrected chi connectivity index (χ2v) is 9.29. The lowest BCUT2D eigenvalue weighted by molar-refractivity contribution is -0.120. The number of benzene rings is 2. The number of sulfonamides is 1. The number of amides is 2. The van der Waals surface area contributed by atoms with E-state index >= 15 is 0 Å². The Morgan fingerprint density at radius 3 is 2.44 bits per heavy atom. The third-order valence-corrected chi connectivity index (χ3v) is 6.60. The number of para-hydroxylation sites is 1. The van der Waals surface area contributed by atoms with Gasteiger partial charge in [0.05, 0.1) is 11.4 Å². The molecule has 2 amide bonds. The highest BCUT2D eigenvalue weighted by Gasteiger charge is 2.27. The van der Waals surface area contributed by atoms with Gasteiger partial charge in [0.15, 0.2) is 0 Å². The van der Waals surface area contributed by atoms with E-state index in [0.29, 0.717) is 16.5 Å². The molecule has 0 aliphatic heterocycles. The fourth-order valence-electron chi connectivity index (χ4n) is 3.13. The molecule has 32 heavy (non-hydrogen) atoms. The Hall–Kier alpha value is -3.50. The van der Waals surface area contributed by atoms with E-state index < -0.39 is 27.3 Å². The van der Waals surface area contributed by atoms with Crippen LogP contribution in [0.4, 0.5) is 0 Å². The van der Waals surface area contributed by atoms with E-state index in [4.69, 9.17) is 0 Å². The molecule has 1 fully saturated rings.